The first kappa shape index (κ1) is 56.8. The summed E-state index contributed by atoms with van der Waals surface area (Å²) in [6.07, 6.45) is -4.18. The van der Waals surface area contributed by atoms with Gasteiger partial charge in [0.05, 0.1) is 64.6 Å². The lowest BCUT2D eigenvalue weighted by molar-refractivity contribution is -0.144. The number of amides is 4. The van der Waals surface area contributed by atoms with Crippen LogP contribution in [0.4, 0.5) is 33.3 Å². The number of aliphatic hydroxyl groups is 1. The third kappa shape index (κ3) is 12.2. The van der Waals surface area contributed by atoms with Gasteiger partial charge in [0, 0.05) is 37.7 Å². The minimum atomic E-state index is -4.97. The number of hydrogen-bond donors (Lipinski definition) is 4. The van der Waals surface area contributed by atoms with Crippen molar-refractivity contribution < 1.29 is 60.4 Å². The largest absolute Gasteiger partial charge is 0.494 e. The normalized spacial score (nSPS) is 17.9. The van der Waals surface area contributed by atoms with Gasteiger partial charge in [0.1, 0.15) is 41.7 Å². The highest BCUT2D eigenvalue weighted by Crippen LogP contribution is 2.45. The number of alkyl halides is 3. The zero-order valence-corrected chi connectivity index (χ0v) is 44.3. The number of thiol groups is 1. The molecule has 4 heterocycles. The Morgan fingerprint density at radius 2 is 1.74 bits per heavy atom. The molecule has 2 aliphatic heterocycles. The number of thiazole rings is 1. The summed E-state index contributed by atoms with van der Waals surface area (Å²) in [6, 6.07) is 13.8. The summed E-state index contributed by atoms with van der Waals surface area (Å²) in [6.45, 7) is 9.83. The molecule has 23 heteroatoms. The van der Waals surface area contributed by atoms with Crippen LogP contribution in [0.5, 0.6) is 11.5 Å². The Kier molecular flexibility index (Phi) is 17.3. The monoisotopic (exact) mass is 1090 g/mol. The molecule has 0 radical (unpaired) electrons. The lowest BCUT2D eigenvalue weighted by Gasteiger charge is -2.35. The standard InChI is InChI=1S/C53H57F5N8O8S2/c1-29-45(76-28-62-29)31-12-10-30(11-13-31)24-61-47(69)40-21-34(67)26-64(40)48(70)46(51(2,3)4)63-41(68)27-73-18-8-9-19-74-35-15-16-36(37(22-35)53(56,57)58)43-38(54)20-33(25-60-43)66-50(75)65(49(71)52(66,5)6)39-17-14-32(23-59)44(72-7)42(39)55/h10-17,20,22,25,28,34,40,46,50,67,75H,8-9,18-19,21,24,26-27H2,1-7H3,(H,61,69)(H,63,68)/t34-,40+,46-,50?/m1/s1. The molecule has 0 spiro atoms. The van der Waals surface area contributed by atoms with Crippen LogP contribution in [-0.4, -0.2) is 106 Å². The van der Waals surface area contributed by atoms with Gasteiger partial charge in [-0.15, -0.1) is 24.0 Å². The van der Waals surface area contributed by atoms with E-state index in [0.29, 0.717) is 12.8 Å². The number of aliphatic hydroxyl groups excluding tert-OH is 1. The van der Waals surface area contributed by atoms with E-state index in [1.807, 2.05) is 31.2 Å². The Hall–Kier alpha value is -6.87. The fraction of sp³-hybridized carbons (Fsp3) is 0.415. The number of hydrogen-bond acceptors (Lipinski definition) is 14. The number of rotatable bonds is 18. The number of carbonyl (C=O) groups is 4. The van der Waals surface area contributed by atoms with E-state index in [-0.39, 0.29) is 55.4 Å². The number of likely N-dealkylation sites (tertiary alicyclic amines) is 1. The second-order valence-corrected chi connectivity index (χ2v) is 21.1. The molecular weight excluding hydrogens is 1040 g/mol. The van der Waals surface area contributed by atoms with Crippen LogP contribution in [-0.2, 0) is 36.6 Å². The predicted octanol–water partition coefficient (Wildman–Crippen LogP) is 8.19. The van der Waals surface area contributed by atoms with Crippen LogP contribution in [0.25, 0.3) is 21.7 Å². The second-order valence-electron chi connectivity index (χ2n) is 19.8. The zero-order valence-electron chi connectivity index (χ0n) is 42.6. The van der Waals surface area contributed by atoms with Crippen molar-refractivity contribution in [3.63, 3.8) is 0 Å². The maximum atomic E-state index is 16.0. The van der Waals surface area contributed by atoms with Crippen LogP contribution in [0.2, 0.25) is 0 Å². The van der Waals surface area contributed by atoms with Gasteiger partial charge < -0.3 is 39.8 Å². The van der Waals surface area contributed by atoms with Crippen LogP contribution >= 0.6 is 24.0 Å². The average molecular weight is 1090 g/mol. The molecule has 7 rings (SSSR count). The van der Waals surface area contributed by atoms with Crippen LogP contribution in [0.3, 0.4) is 0 Å². The third-order valence-corrected chi connectivity index (χ3v) is 14.5. The van der Waals surface area contributed by atoms with Crippen molar-refractivity contribution in [3.8, 4) is 39.3 Å². The average Bonchev–Trinajstić information content (AvgIpc) is 4.08. The minimum Gasteiger partial charge on any atom is -0.494 e. The maximum Gasteiger partial charge on any atom is 0.417 e. The van der Waals surface area contributed by atoms with Gasteiger partial charge in [0.25, 0.3) is 5.91 Å². The molecule has 2 aliphatic rings. The van der Waals surface area contributed by atoms with Crippen molar-refractivity contribution in [1.82, 2.24) is 25.5 Å². The van der Waals surface area contributed by atoms with E-state index in [0.717, 1.165) is 58.1 Å². The van der Waals surface area contributed by atoms with Gasteiger partial charge >= 0.3 is 6.18 Å². The summed E-state index contributed by atoms with van der Waals surface area (Å²) in [7, 11) is 1.16. The first-order valence-corrected chi connectivity index (χ1v) is 25.5. The van der Waals surface area contributed by atoms with Crippen molar-refractivity contribution in [2.24, 2.45) is 5.41 Å². The molecule has 2 aromatic heterocycles. The fourth-order valence-corrected chi connectivity index (χ4v) is 10.5. The van der Waals surface area contributed by atoms with Crippen molar-refractivity contribution in [2.45, 2.75) is 103 Å². The summed E-state index contributed by atoms with van der Waals surface area (Å²) < 4.78 is 91.4. The molecule has 0 bridgehead atoms. The molecule has 1 unspecified atom stereocenters. The van der Waals surface area contributed by atoms with Gasteiger partial charge in [-0.25, -0.2) is 13.8 Å². The summed E-state index contributed by atoms with van der Waals surface area (Å²) in [5.74, 6) is -4.97. The smallest absolute Gasteiger partial charge is 0.417 e. The topological polar surface area (TPSA) is 200 Å². The van der Waals surface area contributed by atoms with E-state index < -0.39 is 105 Å². The van der Waals surface area contributed by atoms with Gasteiger partial charge in [0.15, 0.2) is 22.9 Å². The Morgan fingerprint density at radius 3 is 2.37 bits per heavy atom. The summed E-state index contributed by atoms with van der Waals surface area (Å²) in [5, 5.41) is 25.5. The van der Waals surface area contributed by atoms with Gasteiger partial charge in [-0.1, -0.05) is 45.0 Å². The van der Waals surface area contributed by atoms with E-state index in [1.165, 1.54) is 53.2 Å². The molecule has 3 aromatic carbocycles. The lowest BCUT2D eigenvalue weighted by Crippen LogP contribution is -2.58. The predicted molar refractivity (Wildman–Crippen MR) is 276 cm³/mol. The molecule has 76 heavy (non-hydrogen) atoms. The quantitative estimate of drug-likeness (QED) is 0.0373. The lowest BCUT2D eigenvalue weighted by atomic mass is 9.85. The van der Waals surface area contributed by atoms with Gasteiger partial charge in [-0.2, -0.15) is 18.4 Å². The molecular formula is C53H57F5N8O8S2. The highest BCUT2D eigenvalue weighted by molar-refractivity contribution is 7.81. The fourth-order valence-electron chi connectivity index (χ4n) is 9.07. The number of unbranched alkanes of at least 4 members (excludes halogenated alkanes) is 1. The molecule has 5 aromatic rings. The van der Waals surface area contributed by atoms with Crippen LogP contribution < -0.4 is 29.9 Å². The molecule has 4 amide bonds. The number of ether oxygens (including phenoxy) is 3. The summed E-state index contributed by atoms with van der Waals surface area (Å²) >= 11 is 6.09. The van der Waals surface area contributed by atoms with Crippen LogP contribution in [0, 0.1) is 35.3 Å². The molecule has 2 fully saturated rings. The molecule has 0 saturated carbocycles. The second kappa shape index (κ2) is 23.2. The molecule has 3 N–H and O–H groups in total. The number of nitrogens with zero attached hydrogens (tertiary/aromatic N) is 6. The van der Waals surface area contributed by atoms with Crippen molar-refractivity contribution in [2.75, 3.05) is 43.3 Å². The molecule has 404 valence electrons. The van der Waals surface area contributed by atoms with Crippen LogP contribution in [0.1, 0.15) is 76.3 Å². The van der Waals surface area contributed by atoms with Gasteiger partial charge in [-0.3, -0.25) is 29.1 Å². The SMILES string of the molecule is COc1c(C#N)ccc(N2C(=O)C(C)(C)N(c3cnc(-c4ccc(OCCCCOCC(=O)N[C@H](C(=O)N5C[C@H](O)C[C@H]5C(=O)NCc5ccc(-c6scnc6C)cc5)C(C)(C)C)cc4C(F)(F)F)c(F)c3)C2S)c1F. The van der Waals surface area contributed by atoms with E-state index in [2.05, 4.69) is 33.2 Å². The number of β-amino-alcohol motifs (C(OH)–C–C–N with tert-alkyl or cyclic N) is 1. The molecule has 2 saturated heterocycles. The number of aryl methyl sites for hydroxylation is 1. The number of aromatic nitrogens is 2. The van der Waals surface area contributed by atoms with Crippen molar-refractivity contribution >= 4 is 59.0 Å². The van der Waals surface area contributed by atoms with Gasteiger partial charge in [-0.05, 0) is 80.5 Å². The molecule has 4 atom stereocenters. The van der Waals surface area contributed by atoms with Crippen molar-refractivity contribution in [3.05, 3.63) is 106 Å². The van der Waals surface area contributed by atoms with Crippen LogP contribution in [0.15, 0.2) is 72.4 Å². The summed E-state index contributed by atoms with van der Waals surface area (Å²) in [4.78, 5) is 67.3. The number of benzene rings is 3. The Balaban J connectivity index is 0.903. The van der Waals surface area contributed by atoms with E-state index >= 15 is 8.78 Å². The number of carbonyl (C=O) groups excluding carboxylic acids is 4. The molecule has 16 nitrogen and oxygen atoms in total. The van der Waals surface area contributed by atoms with Crippen molar-refractivity contribution in [1.29, 1.82) is 5.26 Å². The number of halogens is 5. The van der Waals surface area contributed by atoms with E-state index in [9.17, 15) is 42.7 Å². The Bertz CT molecular complexity index is 3020. The minimum absolute atomic E-state index is 0.0220. The zero-order chi connectivity index (χ0) is 55.4. The highest BCUT2D eigenvalue weighted by Gasteiger charge is 2.53. The number of methoxy groups -OCH3 is 1. The van der Waals surface area contributed by atoms with Gasteiger partial charge in [0.2, 0.25) is 17.7 Å². The van der Waals surface area contributed by atoms with E-state index in [1.54, 1.807) is 32.4 Å². The Morgan fingerprint density at radius 1 is 1.03 bits per heavy atom. The first-order chi connectivity index (χ1) is 35.9. The number of nitriles is 1. The maximum absolute atomic E-state index is 16.0. The number of anilines is 2. The highest BCUT2D eigenvalue weighted by atomic mass is 32.1. The third-order valence-electron chi connectivity index (χ3n) is 13.0. The Labute approximate surface area is 445 Å². The number of pyridine rings is 1. The molecule has 0 aliphatic carbocycles. The first-order valence-electron chi connectivity index (χ1n) is 24.1. The van der Waals surface area contributed by atoms with E-state index in [4.69, 9.17) is 14.2 Å². The summed E-state index contributed by atoms with van der Waals surface area (Å²) in [5.41, 5.74) is -1.90. The number of nitrogens with one attached hydrogen (secondary N) is 2.